The molecule has 1 aliphatic carbocycles. The maximum Gasteiger partial charge on any atom is 0.0367 e. The number of nitrogen functional groups attached to an aromatic ring is 1. The van der Waals surface area contributed by atoms with Gasteiger partial charge in [0.2, 0.25) is 0 Å². The van der Waals surface area contributed by atoms with E-state index < -0.39 is 0 Å². The Balaban J connectivity index is 1.74. The molecule has 1 aliphatic heterocycles. The van der Waals surface area contributed by atoms with Crippen molar-refractivity contribution in [2.45, 2.75) is 18.9 Å². The van der Waals surface area contributed by atoms with Crippen molar-refractivity contribution in [3.05, 3.63) is 24.3 Å². The molecule has 18 heavy (non-hydrogen) atoms. The van der Waals surface area contributed by atoms with Crippen LogP contribution in [0.3, 0.4) is 0 Å². The van der Waals surface area contributed by atoms with Crippen LogP contribution in [0.2, 0.25) is 0 Å². The standard InChI is InChI=1S/C15H23N3/c1-17(2)15-8-3-11-9-18(10-14(11)15)13-6-4-12(16)5-7-13/h4-7,11,14-15H,3,8-10,16H2,1-2H3. The molecule has 1 aromatic carbocycles. The molecule has 1 heterocycles. The number of benzene rings is 1. The molecule has 2 N–H and O–H groups in total. The lowest BCUT2D eigenvalue weighted by Gasteiger charge is -2.26. The Labute approximate surface area is 110 Å². The lowest BCUT2D eigenvalue weighted by Crippen LogP contribution is -2.34. The average molecular weight is 245 g/mol. The van der Waals surface area contributed by atoms with Gasteiger partial charge in [-0.2, -0.15) is 0 Å². The minimum Gasteiger partial charge on any atom is -0.399 e. The molecule has 2 fully saturated rings. The Kier molecular flexibility index (Phi) is 2.94. The molecule has 3 nitrogen and oxygen atoms in total. The van der Waals surface area contributed by atoms with Gasteiger partial charge in [-0.1, -0.05) is 0 Å². The zero-order valence-electron chi connectivity index (χ0n) is 11.3. The van der Waals surface area contributed by atoms with E-state index in [1.807, 2.05) is 12.1 Å². The van der Waals surface area contributed by atoms with E-state index in [0.717, 1.165) is 23.6 Å². The molecule has 3 atom stereocenters. The third kappa shape index (κ3) is 1.97. The summed E-state index contributed by atoms with van der Waals surface area (Å²) in [5.74, 6) is 1.73. The molecule has 3 rings (SSSR count). The number of anilines is 2. The molecular weight excluding hydrogens is 222 g/mol. The first-order chi connectivity index (χ1) is 8.65. The number of nitrogens with two attached hydrogens (primary N) is 1. The van der Waals surface area contributed by atoms with Gasteiger partial charge in [-0.25, -0.2) is 0 Å². The van der Waals surface area contributed by atoms with Crippen molar-refractivity contribution in [2.24, 2.45) is 11.8 Å². The molecule has 3 unspecified atom stereocenters. The van der Waals surface area contributed by atoms with Crippen molar-refractivity contribution in [2.75, 3.05) is 37.8 Å². The predicted molar refractivity (Wildman–Crippen MR) is 76.8 cm³/mol. The van der Waals surface area contributed by atoms with E-state index in [-0.39, 0.29) is 0 Å². The van der Waals surface area contributed by atoms with Crippen LogP contribution in [0.4, 0.5) is 11.4 Å². The van der Waals surface area contributed by atoms with E-state index in [1.165, 1.54) is 31.6 Å². The van der Waals surface area contributed by atoms with Gasteiger partial charge in [0.1, 0.15) is 0 Å². The Morgan fingerprint density at radius 3 is 2.50 bits per heavy atom. The van der Waals surface area contributed by atoms with Gasteiger partial charge in [-0.3, -0.25) is 0 Å². The normalized spacial score (nSPS) is 31.1. The average Bonchev–Trinajstić information content (AvgIpc) is 2.88. The van der Waals surface area contributed by atoms with Gasteiger partial charge < -0.3 is 15.5 Å². The van der Waals surface area contributed by atoms with Crippen LogP contribution in [0, 0.1) is 11.8 Å². The summed E-state index contributed by atoms with van der Waals surface area (Å²) in [7, 11) is 4.44. The largest absolute Gasteiger partial charge is 0.399 e. The molecular formula is C15H23N3. The first-order valence-corrected chi connectivity index (χ1v) is 6.92. The molecule has 2 aliphatic rings. The van der Waals surface area contributed by atoms with Crippen molar-refractivity contribution in [1.29, 1.82) is 0 Å². The predicted octanol–water partition coefficient (Wildman–Crippen LogP) is 2.05. The summed E-state index contributed by atoms with van der Waals surface area (Å²) < 4.78 is 0. The number of hydrogen-bond acceptors (Lipinski definition) is 3. The van der Waals surface area contributed by atoms with Crippen molar-refractivity contribution < 1.29 is 0 Å². The van der Waals surface area contributed by atoms with Gasteiger partial charge in [0.15, 0.2) is 0 Å². The highest BCUT2D eigenvalue weighted by Gasteiger charge is 2.43. The molecule has 0 amide bonds. The number of fused-ring (bicyclic) bond motifs is 1. The summed E-state index contributed by atoms with van der Waals surface area (Å²) >= 11 is 0. The van der Waals surface area contributed by atoms with Gasteiger partial charge in [0.25, 0.3) is 0 Å². The van der Waals surface area contributed by atoms with Gasteiger partial charge in [0.05, 0.1) is 0 Å². The monoisotopic (exact) mass is 245 g/mol. The highest BCUT2D eigenvalue weighted by atomic mass is 15.2. The molecule has 0 bridgehead atoms. The molecule has 98 valence electrons. The quantitative estimate of drug-likeness (QED) is 0.809. The summed E-state index contributed by atoms with van der Waals surface area (Å²) in [6, 6.07) is 9.09. The summed E-state index contributed by atoms with van der Waals surface area (Å²) in [5.41, 5.74) is 7.93. The Morgan fingerprint density at radius 2 is 1.83 bits per heavy atom. The SMILES string of the molecule is CN(C)C1CCC2CN(c3ccc(N)cc3)CC21. The third-order valence-electron chi connectivity index (χ3n) is 4.74. The van der Waals surface area contributed by atoms with Gasteiger partial charge in [-0.15, -0.1) is 0 Å². The minimum absolute atomic E-state index is 0.772. The fraction of sp³-hybridized carbons (Fsp3) is 0.600. The van der Waals surface area contributed by atoms with Crippen molar-refractivity contribution in [1.82, 2.24) is 4.90 Å². The Bertz CT molecular complexity index is 412. The van der Waals surface area contributed by atoms with Crippen molar-refractivity contribution >= 4 is 11.4 Å². The van der Waals surface area contributed by atoms with Crippen LogP contribution in [0.1, 0.15) is 12.8 Å². The zero-order valence-corrected chi connectivity index (χ0v) is 11.3. The lowest BCUT2D eigenvalue weighted by molar-refractivity contribution is 0.237. The molecule has 0 radical (unpaired) electrons. The molecule has 0 spiro atoms. The van der Waals surface area contributed by atoms with E-state index in [1.54, 1.807) is 0 Å². The number of nitrogens with zero attached hydrogens (tertiary/aromatic N) is 2. The maximum absolute atomic E-state index is 5.75. The van der Waals surface area contributed by atoms with Gasteiger partial charge >= 0.3 is 0 Å². The first-order valence-electron chi connectivity index (χ1n) is 6.92. The van der Waals surface area contributed by atoms with Gasteiger partial charge in [0, 0.05) is 30.5 Å². The zero-order chi connectivity index (χ0) is 12.7. The van der Waals surface area contributed by atoms with E-state index in [4.69, 9.17) is 5.73 Å². The summed E-state index contributed by atoms with van der Waals surface area (Å²) in [4.78, 5) is 4.95. The van der Waals surface area contributed by atoms with E-state index in [9.17, 15) is 0 Å². The maximum atomic E-state index is 5.75. The second kappa shape index (κ2) is 4.47. The molecule has 1 aromatic rings. The van der Waals surface area contributed by atoms with Crippen LogP contribution in [-0.2, 0) is 0 Å². The fourth-order valence-corrected chi connectivity index (χ4v) is 3.77. The summed E-state index contributed by atoms with van der Waals surface area (Å²) in [5, 5.41) is 0. The highest BCUT2D eigenvalue weighted by Crippen LogP contribution is 2.41. The van der Waals surface area contributed by atoms with Crippen LogP contribution in [0.15, 0.2) is 24.3 Å². The van der Waals surface area contributed by atoms with Gasteiger partial charge in [-0.05, 0) is 63.0 Å². The summed E-state index contributed by atoms with van der Waals surface area (Å²) in [6.45, 7) is 2.43. The first kappa shape index (κ1) is 11.8. The van der Waals surface area contributed by atoms with Crippen LogP contribution in [0.25, 0.3) is 0 Å². The lowest BCUT2D eigenvalue weighted by atomic mass is 9.97. The van der Waals surface area contributed by atoms with E-state index in [0.29, 0.717) is 0 Å². The molecule has 1 saturated carbocycles. The van der Waals surface area contributed by atoms with Crippen LogP contribution in [0.5, 0.6) is 0 Å². The number of rotatable bonds is 2. The molecule has 0 aromatic heterocycles. The number of hydrogen-bond donors (Lipinski definition) is 1. The second-order valence-corrected chi connectivity index (χ2v) is 6.03. The summed E-state index contributed by atoms with van der Waals surface area (Å²) in [6.07, 6.45) is 2.76. The smallest absolute Gasteiger partial charge is 0.0367 e. The van der Waals surface area contributed by atoms with Crippen molar-refractivity contribution in [3.63, 3.8) is 0 Å². The molecule has 1 saturated heterocycles. The van der Waals surface area contributed by atoms with Crippen LogP contribution >= 0.6 is 0 Å². The van der Waals surface area contributed by atoms with E-state index >= 15 is 0 Å². The topological polar surface area (TPSA) is 32.5 Å². The van der Waals surface area contributed by atoms with Crippen LogP contribution in [-0.4, -0.2) is 38.1 Å². The molecule has 3 heteroatoms. The van der Waals surface area contributed by atoms with Crippen molar-refractivity contribution in [3.8, 4) is 0 Å². The Hall–Kier alpha value is -1.22. The second-order valence-electron chi connectivity index (χ2n) is 6.03. The third-order valence-corrected chi connectivity index (χ3v) is 4.74. The fourth-order valence-electron chi connectivity index (χ4n) is 3.77. The Morgan fingerprint density at radius 1 is 1.11 bits per heavy atom. The van der Waals surface area contributed by atoms with Crippen LogP contribution < -0.4 is 10.6 Å². The minimum atomic E-state index is 0.772. The highest BCUT2D eigenvalue weighted by molar-refractivity contribution is 5.54. The van der Waals surface area contributed by atoms with E-state index in [2.05, 4.69) is 36.0 Å².